The predicted molar refractivity (Wildman–Crippen MR) is 93.1 cm³/mol. The predicted octanol–water partition coefficient (Wildman–Crippen LogP) is 6.38. The lowest BCUT2D eigenvalue weighted by atomic mass is 9.99. The van der Waals surface area contributed by atoms with Crippen LogP contribution in [0.3, 0.4) is 0 Å². The molecule has 21 heavy (non-hydrogen) atoms. The number of halogens is 1. The van der Waals surface area contributed by atoms with Crippen LogP contribution in [-0.4, -0.2) is 0 Å². The number of hydrogen-bond donors (Lipinski definition) is 1. The molecule has 1 atom stereocenters. The van der Waals surface area contributed by atoms with Gasteiger partial charge in [0.1, 0.15) is 0 Å². The summed E-state index contributed by atoms with van der Waals surface area (Å²) in [7, 11) is 0. The summed E-state index contributed by atoms with van der Waals surface area (Å²) in [5.74, 6) is 0. The van der Waals surface area contributed by atoms with Gasteiger partial charge in [-0.1, -0.05) is 68.1 Å². The van der Waals surface area contributed by atoms with Crippen molar-refractivity contribution in [3.8, 4) is 0 Å². The second kappa shape index (κ2) is 8.09. The van der Waals surface area contributed by atoms with E-state index in [1.54, 1.807) is 0 Å². The van der Waals surface area contributed by atoms with Crippen molar-refractivity contribution in [2.75, 3.05) is 5.32 Å². The van der Waals surface area contributed by atoms with Crippen LogP contribution in [0.5, 0.6) is 0 Å². The standard InChI is InChI=1S/C19H24ClN/c1-3-4-6-11-19(16-9-7-5-8-10-16)21-18-13-12-17(20)14-15(18)2/h5,7-10,12-14,19,21H,3-4,6,11H2,1-2H3. The fourth-order valence-corrected chi connectivity index (χ4v) is 2.81. The SMILES string of the molecule is CCCCCC(Nc1ccc(Cl)cc1C)c1ccccc1. The number of anilines is 1. The smallest absolute Gasteiger partial charge is 0.0513 e. The van der Waals surface area contributed by atoms with E-state index in [1.165, 1.54) is 36.1 Å². The Hall–Kier alpha value is -1.47. The van der Waals surface area contributed by atoms with Crippen molar-refractivity contribution in [2.45, 2.75) is 45.6 Å². The second-order valence-corrected chi connectivity index (χ2v) is 6.00. The van der Waals surface area contributed by atoms with Gasteiger partial charge in [0.25, 0.3) is 0 Å². The summed E-state index contributed by atoms with van der Waals surface area (Å²) in [6, 6.07) is 17.1. The minimum Gasteiger partial charge on any atom is -0.378 e. The van der Waals surface area contributed by atoms with Gasteiger partial charge in [-0.25, -0.2) is 0 Å². The first kappa shape index (κ1) is 15.9. The van der Waals surface area contributed by atoms with Crippen LogP contribution in [0.2, 0.25) is 5.02 Å². The molecule has 0 aromatic heterocycles. The Kier molecular flexibility index (Phi) is 6.13. The molecular formula is C19H24ClN. The molecule has 2 rings (SSSR count). The van der Waals surface area contributed by atoms with Crippen LogP contribution in [-0.2, 0) is 0 Å². The molecule has 0 radical (unpaired) electrons. The number of unbranched alkanes of at least 4 members (excludes halogenated alkanes) is 2. The van der Waals surface area contributed by atoms with E-state index in [1.807, 2.05) is 12.1 Å². The molecule has 0 heterocycles. The van der Waals surface area contributed by atoms with Gasteiger partial charge in [0.2, 0.25) is 0 Å². The van der Waals surface area contributed by atoms with Crippen molar-refractivity contribution in [1.29, 1.82) is 0 Å². The van der Waals surface area contributed by atoms with E-state index in [2.05, 4.69) is 55.6 Å². The highest BCUT2D eigenvalue weighted by Crippen LogP contribution is 2.28. The largest absolute Gasteiger partial charge is 0.378 e. The van der Waals surface area contributed by atoms with E-state index >= 15 is 0 Å². The first-order valence-corrected chi connectivity index (χ1v) is 8.16. The summed E-state index contributed by atoms with van der Waals surface area (Å²) in [5, 5.41) is 4.48. The third-order valence-corrected chi connectivity index (χ3v) is 4.05. The maximum atomic E-state index is 6.05. The Morgan fingerprint density at radius 1 is 1.05 bits per heavy atom. The summed E-state index contributed by atoms with van der Waals surface area (Å²) in [6.07, 6.45) is 4.93. The Morgan fingerprint density at radius 2 is 1.81 bits per heavy atom. The maximum absolute atomic E-state index is 6.05. The van der Waals surface area contributed by atoms with Gasteiger partial charge in [-0.05, 0) is 42.7 Å². The van der Waals surface area contributed by atoms with E-state index in [0.717, 1.165) is 11.4 Å². The first-order valence-electron chi connectivity index (χ1n) is 7.78. The van der Waals surface area contributed by atoms with Gasteiger partial charge in [-0.15, -0.1) is 0 Å². The van der Waals surface area contributed by atoms with Crippen molar-refractivity contribution >= 4 is 17.3 Å². The van der Waals surface area contributed by atoms with Gasteiger partial charge >= 0.3 is 0 Å². The fraction of sp³-hybridized carbons (Fsp3) is 0.368. The zero-order chi connectivity index (χ0) is 15.1. The first-order chi connectivity index (χ1) is 10.2. The maximum Gasteiger partial charge on any atom is 0.0513 e. The summed E-state index contributed by atoms with van der Waals surface area (Å²) < 4.78 is 0. The van der Waals surface area contributed by atoms with Crippen molar-refractivity contribution in [3.05, 3.63) is 64.7 Å². The zero-order valence-electron chi connectivity index (χ0n) is 12.9. The van der Waals surface area contributed by atoms with Crippen LogP contribution in [0.25, 0.3) is 0 Å². The molecule has 1 unspecified atom stereocenters. The molecular weight excluding hydrogens is 278 g/mol. The third kappa shape index (κ3) is 4.78. The summed E-state index contributed by atoms with van der Waals surface area (Å²) in [5.41, 5.74) is 3.71. The highest BCUT2D eigenvalue weighted by atomic mass is 35.5. The monoisotopic (exact) mass is 301 g/mol. The van der Waals surface area contributed by atoms with Gasteiger partial charge in [-0.3, -0.25) is 0 Å². The molecule has 2 heteroatoms. The van der Waals surface area contributed by atoms with Crippen LogP contribution >= 0.6 is 11.6 Å². The van der Waals surface area contributed by atoms with E-state index in [-0.39, 0.29) is 0 Å². The zero-order valence-corrected chi connectivity index (χ0v) is 13.7. The van der Waals surface area contributed by atoms with E-state index < -0.39 is 0 Å². The number of nitrogens with one attached hydrogen (secondary N) is 1. The van der Waals surface area contributed by atoms with Crippen LogP contribution < -0.4 is 5.32 Å². The highest BCUT2D eigenvalue weighted by Gasteiger charge is 2.12. The normalized spacial score (nSPS) is 12.1. The van der Waals surface area contributed by atoms with Crippen molar-refractivity contribution < 1.29 is 0 Å². The van der Waals surface area contributed by atoms with Gasteiger partial charge in [0.15, 0.2) is 0 Å². The lowest BCUT2D eigenvalue weighted by Gasteiger charge is -2.22. The van der Waals surface area contributed by atoms with Crippen LogP contribution in [0.4, 0.5) is 5.69 Å². The van der Waals surface area contributed by atoms with Crippen molar-refractivity contribution in [2.24, 2.45) is 0 Å². The highest BCUT2D eigenvalue weighted by molar-refractivity contribution is 6.30. The molecule has 1 N–H and O–H groups in total. The minimum atomic E-state index is 0.359. The van der Waals surface area contributed by atoms with Crippen LogP contribution in [0, 0.1) is 6.92 Å². The molecule has 0 spiro atoms. The Bertz CT molecular complexity index is 551. The molecule has 1 nitrogen and oxygen atoms in total. The van der Waals surface area contributed by atoms with E-state index in [0.29, 0.717) is 6.04 Å². The van der Waals surface area contributed by atoms with Crippen molar-refractivity contribution in [1.82, 2.24) is 0 Å². The van der Waals surface area contributed by atoms with Crippen LogP contribution in [0.15, 0.2) is 48.5 Å². The van der Waals surface area contributed by atoms with Gasteiger partial charge in [-0.2, -0.15) is 0 Å². The molecule has 0 saturated carbocycles. The van der Waals surface area contributed by atoms with E-state index in [9.17, 15) is 0 Å². The molecule has 2 aromatic carbocycles. The average molecular weight is 302 g/mol. The number of benzene rings is 2. The minimum absolute atomic E-state index is 0.359. The molecule has 0 bridgehead atoms. The molecule has 2 aromatic rings. The third-order valence-electron chi connectivity index (χ3n) is 3.82. The summed E-state index contributed by atoms with van der Waals surface area (Å²) in [6.45, 7) is 4.34. The number of hydrogen-bond acceptors (Lipinski definition) is 1. The average Bonchev–Trinajstić information content (AvgIpc) is 2.49. The lowest BCUT2D eigenvalue weighted by molar-refractivity contribution is 0.606. The van der Waals surface area contributed by atoms with Gasteiger partial charge in [0.05, 0.1) is 6.04 Å². The Balaban J connectivity index is 2.15. The molecule has 0 fully saturated rings. The molecule has 112 valence electrons. The Morgan fingerprint density at radius 3 is 2.48 bits per heavy atom. The van der Waals surface area contributed by atoms with E-state index in [4.69, 9.17) is 11.6 Å². The molecule has 0 amide bonds. The van der Waals surface area contributed by atoms with Gasteiger partial charge in [0, 0.05) is 10.7 Å². The van der Waals surface area contributed by atoms with Crippen molar-refractivity contribution in [3.63, 3.8) is 0 Å². The molecule has 0 saturated heterocycles. The number of rotatable bonds is 7. The molecule has 0 aliphatic rings. The molecule has 0 aliphatic heterocycles. The molecule has 0 aliphatic carbocycles. The second-order valence-electron chi connectivity index (χ2n) is 5.56. The Labute approximate surface area is 133 Å². The fourth-order valence-electron chi connectivity index (χ4n) is 2.58. The lowest BCUT2D eigenvalue weighted by Crippen LogP contribution is -2.11. The van der Waals surface area contributed by atoms with Gasteiger partial charge < -0.3 is 5.32 Å². The summed E-state index contributed by atoms with van der Waals surface area (Å²) >= 11 is 6.05. The van der Waals surface area contributed by atoms with Crippen LogP contribution in [0.1, 0.15) is 49.8 Å². The topological polar surface area (TPSA) is 12.0 Å². The number of aryl methyl sites for hydroxylation is 1. The quantitative estimate of drug-likeness (QED) is 0.585. The summed E-state index contributed by atoms with van der Waals surface area (Å²) in [4.78, 5) is 0.